The van der Waals surface area contributed by atoms with E-state index in [9.17, 15) is 10.2 Å². The maximum Gasteiger partial charge on any atom is 0.128 e. The number of aromatic hydroxyl groups is 1. The third-order valence-corrected chi connectivity index (χ3v) is 4.19. The summed E-state index contributed by atoms with van der Waals surface area (Å²) < 4.78 is 0. The lowest BCUT2D eigenvalue weighted by molar-refractivity contribution is 0.251. The first-order valence-corrected chi connectivity index (χ1v) is 8.88. The molecule has 1 atom stereocenters. The third kappa shape index (κ3) is 5.62. The molecule has 3 nitrogen and oxygen atoms in total. The Bertz CT molecular complexity index is 575. The van der Waals surface area contributed by atoms with E-state index in [-0.39, 0.29) is 23.5 Å². The monoisotopic (exact) mass is 333 g/mol. The first-order chi connectivity index (χ1) is 10.9. The number of hydrogen-bond donors (Lipinski definition) is 2. The summed E-state index contributed by atoms with van der Waals surface area (Å²) in [5.74, 6) is 0.763. The normalized spacial score (nSPS) is 14.6. The van der Waals surface area contributed by atoms with E-state index in [1.54, 1.807) is 6.21 Å². The standard InChI is InChI=1S/C21H35NO2/c1-14(2)9-17(13-23)22-12-15-10-16(20(3,4)5)11-18(19(15)24)21(6,7)8/h10-12,14,17,23-24H,9,13H2,1-8H3/b22-12+/t17-/m0/s1. The Kier molecular flexibility index (Phi) is 6.63. The van der Waals surface area contributed by atoms with Gasteiger partial charge in [0.05, 0.1) is 12.6 Å². The van der Waals surface area contributed by atoms with E-state index in [2.05, 4.69) is 66.4 Å². The number of nitrogens with zero attached hydrogens (tertiary/aromatic N) is 1. The van der Waals surface area contributed by atoms with Gasteiger partial charge in [-0.25, -0.2) is 0 Å². The molecule has 0 bridgehead atoms. The van der Waals surface area contributed by atoms with Crippen LogP contribution >= 0.6 is 0 Å². The summed E-state index contributed by atoms with van der Waals surface area (Å²) in [5.41, 5.74) is 2.68. The Labute approximate surface area is 147 Å². The highest BCUT2D eigenvalue weighted by molar-refractivity contribution is 5.85. The fourth-order valence-electron chi connectivity index (χ4n) is 2.67. The van der Waals surface area contributed by atoms with Gasteiger partial charge < -0.3 is 10.2 Å². The second kappa shape index (κ2) is 7.69. The first kappa shape index (κ1) is 20.7. The van der Waals surface area contributed by atoms with Gasteiger partial charge in [0.2, 0.25) is 0 Å². The number of benzene rings is 1. The largest absolute Gasteiger partial charge is 0.507 e. The topological polar surface area (TPSA) is 52.8 Å². The van der Waals surface area contributed by atoms with Gasteiger partial charge in [0.1, 0.15) is 5.75 Å². The maximum absolute atomic E-state index is 10.7. The lowest BCUT2D eigenvalue weighted by Gasteiger charge is -2.27. The van der Waals surface area contributed by atoms with E-state index in [1.165, 1.54) is 5.56 Å². The van der Waals surface area contributed by atoms with Gasteiger partial charge in [0.15, 0.2) is 0 Å². The number of phenolic OH excluding ortho intramolecular Hbond substituents is 1. The molecule has 0 saturated carbocycles. The molecule has 0 aromatic heterocycles. The van der Waals surface area contributed by atoms with Crippen LogP contribution in [0.15, 0.2) is 17.1 Å². The summed E-state index contributed by atoms with van der Waals surface area (Å²) in [6.07, 6.45) is 2.56. The van der Waals surface area contributed by atoms with Crippen molar-refractivity contribution in [3.63, 3.8) is 0 Å². The Morgan fingerprint density at radius 2 is 1.62 bits per heavy atom. The van der Waals surface area contributed by atoms with Crippen LogP contribution in [0.5, 0.6) is 5.75 Å². The SMILES string of the molecule is CC(C)C[C@@H](CO)/N=C/c1cc(C(C)(C)C)cc(C(C)(C)C)c1O. The molecule has 0 unspecified atom stereocenters. The van der Waals surface area contributed by atoms with Gasteiger partial charge in [-0.2, -0.15) is 0 Å². The zero-order valence-electron chi connectivity index (χ0n) is 16.6. The molecule has 1 aromatic carbocycles. The lowest BCUT2D eigenvalue weighted by Crippen LogP contribution is -2.18. The quantitative estimate of drug-likeness (QED) is 0.760. The Hall–Kier alpha value is -1.35. The summed E-state index contributed by atoms with van der Waals surface area (Å²) in [6, 6.07) is 3.99. The van der Waals surface area contributed by atoms with E-state index in [0.29, 0.717) is 11.7 Å². The molecule has 0 amide bonds. The van der Waals surface area contributed by atoms with Gasteiger partial charge in [-0.05, 0) is 34.8 Å². The molecule has 0 spiro atoms. The van der Waals surface area contributed by atoms with Gasteiger partial charge in [-0.1, -0.05) is 61.5 Å². The number of aliphatic hydroxyl groups excluding tert-OH is 1. The van der Waals surface area contributed by atoms with E-state index >= 15 is 0 Å². The molecule has 3 heteroatoms. The van der Waals surface area contributed by atoms with Crippen LogP contribution in [-0.4, -0.2) is 29.1 Å². The van der Waals surface area contributed by atoms with Crippen molar-refractivity contribution in [2.45, 2.75) is 78.7 Å². The molecule has 0 heterocycles. The smallest absolute Gasteiger partial charge is 0.128 e. The minimum Gasteiger partial charge on any atom is -0.507 e. The molecule has 1 rings (SSSR count). The highest BCUT2D eigenvalue weighted by Gasteiger charge is 2.24. The van der Waals surface area contributed by atoms with Crippen LogP contribution in [0, 0.1) is 5.92 Å². The van der Waals surface area contributed by atoms with Gasteiger partial charge in [0.25, 0.3) is 0 Å². The van der Waals surface area contributed by atoms with Crippen LogP contribution in [-0.2, 0) is 10.8 Å². The molecule has 136 valence electrons. The van der Waals surface area contributed by atoms with Crippen LogP contribution < -0.4 is 0 Å². The Morgan fingerprint density at radius 3 is 2.04 bits per heavy atom. The highest BCUT2D eigenvalue weighted by atomic mass is 16.3. The minimum atomic E-state index is -0.151. The van der Waals surface area contributed by atoms with Crippen LogP contribution in [0.1, 0.15) is 78.5 Å². The van der Waals surface area contributed by atoms with Gasteiger partial charge in [0, 0.05) is 17.3 Å². The molecule has 24 heavy (non-hydrogen) atoms. The van der Waals surface area contributed by atoms with Crippen LogP contribution in [0.3, 0.4) is 0 Å². The molecule has 0 fully saturated rings. The summed E-state index contributed by atoms with van der Waals surface area (Å²) in [4.78, 5) is 4.52. The number of phenols is 1. The second-order valence-electron chi connectivity index (χ2n) is 9.21. The fraction of sp³-hybridized carbons (Fsp3) is 0.667. The van der Waals surface area contributed by atoms with Crippen molar-refractivity contribution in [1.29, 1.82) is 0 Å². The Morgan fingerprint density at radius 1 is 1.04 bits per heavy atom. The molecule has 0 saturated heterocycles. The zero-order valence-corrected chi connectivity index (χ0v) is 16.6. The second-order valence-corrected chi connectivity index (χ2v) is 9.21. The summed E-state index contributed by atoms with van der Waals surface area (Å²) in [5, 5.41) is 20.2. The number of aliphatic hydroxyl groups is 1. The summed E-state index contributed by atoms with van der Waals surface area (Å²) in [7, 11) is 0. The number of rotatable bonds is 5. The Balaban J connectivity index is 3.36. The molecule has 0 aliphatic carbocycles. The number of hydrogen-bond acceptors (Lipinski definition) is 3. The molecule has 0 aliphatic rings. The molecule has 1 aromatic rings. The van der Waals surface area contributed by atoms with Crippen molar-refractivity contribution >= 4 is 6.21 Å². The van der Waals surface area contributed by atoms with Gasteiger partial charge in [-0.15, -0.1) is 0 Å². The van der Waals surface area contributed by atoms with Crippen molar-refractivity contribution in [3.8, 4) is 5.75 Å². The van der Waals surface area contributed by atoms with Crippen LogP contribution in [0.2, 0.25) is 0 Å². The van der Waals surface area contributed by atoms with E-state index in [1.807, 2.05) is 6.07 Å². The van der Waals surface area contributed by atoms with Crippen molar-refractivity contribution in [1.82, 2.24) is 0 Å². The average Bonchev–Trinajstić information content (AvgIpc) is 2.41. The van der Waals surface area contributed by atoms with Crippen molar-refractivity contribution in [3.05, 3.63) is 28.8 Å². The van der Waals surface area contributed by atoms with Gasteiger partial charge in [-0.3, -0.25) is 4.99 Å². The molecule has 0 radical (unpaired) electrons. The zero-order chi connectivity index (χ0) is 18.7. The molecule has 2 N–H and O–H groups in total. The maximum atomic E-state index is 10.7. The van der Waals surface area contributed by atoms with Crippen LogP contribution in [0.25, 0.3) is 0 Å². The van der Waals surface area contributed by atoms with E-state index < -0.39 is 0 Å². The average molecular weight is 334 g/mol. The van der Waals surface area contributed by atoms with Crippen molar-refractivity contribution in [2.75, 3.05) is 6.61 Å². The first-order valence-electron chi connectivity index (χ1n) is 8.88. The predicted octanol–water partition coefficient (Wildman–Crippen LogP) is 4.81. The van der Waals surface area contributed by atoms with Crippen molar-refractivity contribution < 1.29 is 10.2 Å². The fourth-order valence-corrected chi connectivity index (χ4v) is 2.67. The predicted molar refractivity (Wildman–Crippen MR) is 103 cm³/mol. The van der Waals surface area contributed by atoms with E-state index in [4.69, 9.17) is 0 Å². The van der Waals surface area contributed by atoms with Crippen molar-refractivity contribution in [2.24, 2.45) is 10.9 Å². The molecular formula is C21H35NO2. The van der Waals surface area contributed by atoms with Gasteiger partial charge >= 0.3 is 0 Å². The minimum absolute atomic E-state index is 0.00932. The van der Waals surface area contributed by atoms with Crippen LogP contribution in [0.4, 0.5) is 0 Å². The summed E-state index contributed by atoms with van der Waals surface area (Å²) >= 11 is 0. The van der Waals surface area contributed by atoms with E-state index in [0.717, 1.165) is 17.5 Å². The summed E-state index contributed by atoms with van der Waals surface area (Å²) in [6.45, 7) is 17.1. The number of aliphatic imine (C=N–C) groups is 1. The molecule has 0 aliphatic heterocycles. The lowest BCUT2D eigenvalue weighted by atomic mass is 9.79. The molecular weight excluding hydrogens is 298 g/mol. The highest BCUT2D eigenvalue weighted by Crippen LogP contribution is 2.37. The third-order valence-electron chi connectivity index (χ3n) is 4.19.